The Kier molecular flexibility index (Phi) is 3.04. The number of carbonyl (C=O) groups is 1. The van der Waals surface area contributed by atoms with Crippen molar-refractivity contribution < 1.29 is 9.53 Å². The van der Waals surface area contributed by atoms with Gasteiger partial charge in [0, 0.05) is 0 Å². The molecule has 1 saturated carbocycles. The zero-order chi connectivity index (χ0) is 14.3. The van der Waals surface area contributed by atoms with Crippen LogP contribution in [0.2, 0.25) is 0 Å². The van der Waals surface area contributed by atoms with E-state index < -0.39 is 5.60 Å². The molecule has 0 N–H and O–H groups in total. The minimum absolute atomic E-state index is 0.0374. The SMILES string of the molecule is CC(C)(C)OC(=O)[C@H]1C[C@@H]1c1ccc2ccccc2c1. The van der Waals surface area contributed by atoms with Gasteiger partial charge in [-0.2, -0.15) is 0 Å². The van der Waals surface area contributed by atoms with Crippen LogP contribution in [0.15, 0.2) is 42.5 Å². The molecule has 0 amide bonds. The van der Waals surface area contributed by atoms with Gasteiger partial charge >= 0.3 is 5.97 Å². The Morgan fingerprint density at radius 1 is 1.10 bits per heavy atom. The first-order valence-corrected chi connectivity index (χ1v) is 7.15. The van der Waals surface area contributed by atoms with Gasteiger partial charge in [-0.25, -0.2) is 0 Å². The van der Waals surface area contributed by atoms with Gasteiger partial charge in [0.2, 0.25) is 0 Å². The molecule has 0 heterocycles. The predicted octanol–water partition coefficient (Wildman–Crippen LogP) is 4.29. The third-order valence-electron chi connectivity index (χ3n) is 3.70. The largest absolute Gasteiger partial charge is 0.460 e. The Labute approximate surface area is 119 Å². The summed E-state index contributed by atoms with van der Waals surface area (Å²) in [6, 6.07) is 14.8. The lowest BCUT2D eigenvalue weighted by Gasteiger charge is -2.19. The summed E-state index contributed by atoms with van der Waals surface area (Å²) < 4.78 is 5.46. The summed E-state index contributed by atoms with van der Waals surface area (Å²) in [5.41, 5.74) is 0.854. The van der Waals surface area contributed by atoms with E-state index in [1.54, 1.807) is 0 Å². The molecule has 1 fully saturated rings. The highest BCUT2D eigenvalue weighted by molar-refractivity contribution is 5.84. The number of fused-ring (bicyclic) bond motifs is 1. The molecule has 0 bridgehead atoms. The van der Waals surface area contributed by atoms with Crippen LogP contribution < -0.4 is 0 Å². The van der Waals surface area contributed by atoms with E-state index in [1.165, 1.54) is 16.3 Å². The first-order valence-electron chi connectivity index (χ1n) is 7.15. The molecule has 104 valence electrons. The molecule has 1 aliphatic carbocycles. The molecule has 0 spiro atoms. The topological polar surface area (TPSA) is 26.3 Å². The van der Waals surface area contributed by atoms with Gasteiger partial charge in [0.15, 0.2) is 0 Å². The minimum atomic E-state index is -0.395. The lowest BCUT2D eigenvalue weighted by molar-refractivity contribution is -0.156. The van der Waals surface area contributed by atoms with E-state index in [0.717, 1.165) is 6.42 Å². The van der Waals surface area contributed by atoms with E-state index >= 15 is 0 Å². The van der Waals surface area contributed by atoms with Gasteiger partial charge in [-0.05, 0) is 49.4 Å². The van der Waals surface area contributed by atoms with Crippen LogP contribution in [0.3, 0.4) is 0 Å². The fourth-order valence-corrected chi connectivity index (χ4v) is 2.64. The number of benzene rings is 2. The van der Waals surface area contributed by atoms with Gasteiger partial charge in [0.05, 0.1) is 5.92 Å². The average molecular weight is 268 g/mol. The molecule has 2 nitrogen and oxygen atoms in total. The molecule has 0 aromatic heterocycles. The van der Waals surface area contributed by atoms with Crippen molar-refractivity contribution in [3.05, 3.63) is 48.0 Å². The van der Waals surface area contributed by atoms with E-state index in [2.05, 4.69) is 30.3 Å². The molecule has 0 unspecified atom stereocenters. The van der Waals surface area contributed by atoms with Gasteiger partial charge in [0.25, 0.3) is 0 Å². The van der Waals surface area contributed by atoms with Crippen LogP contribution in [0, 0.1) is 5.92 Å². The average Bonchev–Trinajstić information content (AvgIpc) is 3.16. The Morgan fingerprint density at radius 3 is 2.50 bits per heavy atom. The molecule has 1 aliphatic rings. The standard InChI is InChI=1S/C18H20O2/c1-18(2,3)20-17(19)16-11-15(16)14-9-8-12-6-4-5-7-13(12)10-14/h4-10,15-16H,11H2,1-3H3/t15-,16+/m1/s1. The molecule has 2 atom stereocenters. The van der Waals surface area contributed by atoms with Crippen LogP contribution in [0.4, 0.5) is 0 Å². The van der Waals surface area contributed by atoms with E-state index in [-0.39, 0.29) is 11.9 Å². The van der Waals surface area contributed by atoms with Crippen molar-refractivity contribution in [2.45, 2.75) is 38.7 Å². The maximum atomic E-state index is 12.0. The summed E-state index contributed by atoms with van der Waals surface area (Å²) in [4.78, 5) is 12.0. The minimum Gasteiger partial charge on any atom is -0.460 e. The Hall–Kier alpha value is -1.83. The zero-order valence-corrected chi connectivity index (χ0v) is 12.2. The number of carbonyl (C=O) groups excluding carboxylic acids is 1. The van der Waals surface area contributed by atoms with Crippen LogP contribution >= 0.6 is 0 Å². The third-order valence-corrected chi connectivity index (χ3v) is 3.70. The van der Waals surface area contributed by atoms with Gasteiger partial charge in [0.1, 0.15) is 5.60 Å². The highest BCUT2D eigenvalue weighted by atomic mass is 16.6. The molecule has 20 heavy (non-hydrogen) atoms. The van der Waals surface area contributed by atoms with Crippen LogP contribution in [-0.2, 0) is 9.53 Å². The molecule has 2 heteroatoms. The smallest absolute Gasteiger partial charge is 0.310 e. The van der Waals surface area contributed by atoms with Crippen LogP contribution in [-0.4, -0.2) is 11.6 Å². The van der Waals surface area contributed by atoms with Crippen molar-refractivity contribution in [3.63, 3.8) is 0 Å². The number of rotatable bonds is 2. The van der Waals surface area contributed by atoms with E-state index in [0.29, 0.717) is 5.92 Å². The van der Waals surface area contributed by atoms with E-state index in [9.17, 15) is 4.79 Å². The van der Waals surface area contributed by atoms with Gasteiger partial charge in [-0.1, -0.05) is 42.5 Å². The second kappa shape index (κ2) is 4.62. The number of hydrogen-bond donors (Lipinski definition) is 0. The second-order valence-corrected chi connectivity index (χ2v) is 6.59. The number of esters is 1. The predicted molar refractivity (Wildman–Crippen MR) is 80.6 cm³/mol. The van der Waals surface area contributed by atoms with E-state index in [4.69, 9.17) is 4.74 Å². The normalized spacial score (nSPS) is 21.8. The lowest BCUT2D eigenvalue weighted by atomic mass is 10.0. The molecule has 0 radical (unpaired) electrons. The third kappa shape index (κ3) is 2.69. The van der Waals surface area contributed by atoms with Gasteiger partial charge < -0.3 is 4.74 Å². The highest BCUT2D eigenvalue weighted by Gasteiger charge is 2.46. The molecule has 3 rings (SSSR count). The molecular formula is C18H20O2. The first kappa shape index (κ1) is 13.2. The van der Waals surface area contributed by atoms with Gasteiger partial charge in [-0.3, -0.25) is 4.79 Å². The molecular weight excluding hydrogens is 248 g/mol. The molecule has 0 saturated heterocycles. The molecule has 0 aliphatic heterocycles. The van der Waals surface area contributed by atoms with Crippen molar-refractivity contribution in [1.29, 1.82) is 0 Å². The van der Waals surface area contributed by atoms with Crippen molar-refractivity contribution in [3.8, 4) is 0 Å². The second-order valence-electron chi connectivity index (χ2n) is 6.59. The van der Waals surface area contributed by atoms with Crippen molar-refractivity contribution >= 4 is 16.7 Å². The van der Waals surface area contributed by atoms with Crippen LogP contribution in [0.25, 0.3) is 10.8 Å². The van der Waals surface area contributed by atoms with Crippen molar-refractivity contribution in [2.24, 2.45) is 5.92 Å². The summed E-state index contributed by atoms with van der Waals surface area (Å²) in [5, 5.41) is 2.48. The first-order chi connectivity index (χ1) is 9.44. The summed E-state index contributed by atoms with van der Waals surface area (Å²) in [6.07, 6.45) is 0.910. The summed E-state index contributed by atoms with van der Waals surface area (Å²) in [7, 11) is 0. The Morgan fingerprint density at radius 2 is 1.80 bits per heavy atom. The zero-order valence-electron chi connectivity index (χ0n) is 12.2. The quantitative estimate of drug-likeness (QED) is 0.760. The number of ether oxygens (including phenoxy) is 1. The number of hydrogen-bond acceptors (Lipinski definition) is 2. The fourth-order valence-electron chi connectivity index (χ4n) is 2.64. The van der Waals surface area contributed by atoms with Gasteiger partial charge in [-0.15, -0.1) is 0 Å². The lowest BCUT2D eigenvalue weighted by Crippen LogP contribution is -2.25. The maximum Gasteiger partial charge on any atom is 0.310 e. The summed E-state index contributed by atoms with van der Waals surface area (Å²) >= 11 is 0. The Bertz CT molecular complexity index is 652. The summed E-state index contributed by atoms with van der Waals surface area (Å²) in [5.74, 6) is 0.306. The van der Waals surface area contributed by atoms with Crippen LogP contribution in [0.5, 0.6) is 0 Å². The monoisotopic (exact) mass is 268 g/mol. The fraction of sp³-hybridized carbons (Fsp3) is 0.389. The molecule has 2 aromatic carbocycles. The van der Waals surface area contributed by atoms with Crippen LogP contribution in [0.1, 0.15) is 38.7 Å². The molecule has 2 aromatic rings. The summed E-state index contributed by atoms with van der Waals surface area (Å²) in [6.45, 7) is 5.74. The van der Waals surface area contributed by atoms with E-state index in [1.807, 2.05) is 32.9 Å². The van der Waals surface area contributed by atoms with Crippen molar-refractivity contribution in [2.75, 3.05) is 0 Å². The van der Waals surface area contributed by atoms with Crippen molar-refractivity contribution in [1.82, 2.24) is 0 Å². The maximum absolute atomic E-state index is 12.0. The Balaban J connectivity index is 1.76. The highest BCUT2D eigenvalue weighted by Crippen LogP contribution is 2.49.